The molecule has 1 heterocycles. The Morgan fingerprint density at radius 2 is 2.06 bits per heavy atom. The van der Waals surface area contributed by atoms with E-state index in [0.717, 1.165) is 44.5 Å². The number of aromatic nitrogens is 3. The molecule has 96 valence electrons. The Kier molecular flexibility index (Phi) is 5.66. The van der Waals surface area contributed by atoms with E-state index in [4.69, 9.17) is 0 Å². The van der Waals surface area contributed by atoms with Crippen molar-refractivity contribution in [2.24, 2.45) is 0 Å². The number of aromatic amines is 1. The number of hydrogen-bond donors (Lipinski definition) is 1. The largest absolute Gasteiger partial charge is 0.339 e. The molecule has 0 unspecified atom stereocenters. The molecule has 0 radical (unpaired) electrons. The molecule has 1 N–H and O–H groups in total. The fourth-order valence-corrected chi connectivity index (χ4v) is 1.61. The Bertz CT molecular complexity index is 348. The van der Waals surface area contributed by atoms with Crippen LogP contribution < -0.4 is 0 Å². The maximum absolute atomic E-state index is 11.9. The maximum Gasteiger partial charge on any atom is 0.293 e. The van der Waals surface area contributed by atoms with Gasteiger partial charge in [0.2, 0.25) is 5.82 Å². The summed E-state index contributed by atoms with van der Waals surface area (Å²) in [6.45, 7) is 4.99. The molecule has 0 saturated heterocycles. The van der Waals surface area contributed by atoms with Gasteiger partial charge in [-0.1, -0.05) is 26.7 Å². The molecule has 5 nitrogen and oxygen atoms in total. The highest BCUT2D eigenvalue weighted by Crippen LogP contribution is 2.02. The van der Waals surface area contributed by atoms with E-state index < -0.39 is 0 Å². The van der Waals surface area contributed by atoms with E-state index in [9.17, 15) is 4.79 Å². The van der Waals surface area contributed by atoms with E-state index in [-0.39, 0.29) is 11.7 Å². The van der Waals surface area contributed by atoms with Gasteiger partial charge in [0.1, 0.15) is 5.82 Å². The van der Waals surface area contributed by atoms with Crippen molar-refractivity contribution in [3.8, 4) is 0 Å². The van der Waals surface area contributed by atoms with E-state index in [1.165, 1.54) is 0 Å². The summed E-state index contributed by atoms with van der Waals surface area (Å²) in [4.78, 5) is 17.8. The molecule has 0 fully saturated rings. The third kappa shape index (κ3) is 4.17. The molecule has 0 aliphatic carbocycles. The summed E-state index contributed by atoms with van der Waals surface area (Å²) >= 11 is 0. The Morgan fingerprint density at radius 1 is 1.29 bits per heavy atom. The zero-order valence-electron chi connectivity index (χ0n) is 11.0. The number of carbonyl (C=O) groups excluding carboxylic acids is 1. The lowest BCUT2D eigenvalue weighted by Crippen LogP contribution is -2.28. The van der Waals surface area contributed by atoms with Gasteiger partial charge >= 0.3 is 0 Å². The van der Waals surface area contributed by atoms with Crippen LogP contribution in [0.25, 0.3) is 0 Å². The summed E-state index contributed by atoms with van der Waals surface area (Å²) in [7, 11) is 1.80. The smallest absolute Gasteiger partial charge is 0.293 e. The first kappa shape index (κ1) is 13.7. The van der Waals surface area contributed by atoms with Crippen LogP contribution in [0.4, 0.5) is 0 Å². The highest BCUT2D eigenvalue weighted by Gasteiger charge is 2.16. The van der Waals surface area contributed by atoms with Gasteiger partial charge in [0.25, 0.3) is 5.91 Å². The number of hydrogen-bond acceptors (Lipinski definition) is 3. The Hall–Kier alpha value is -1.39. The van der Waals surface area contributed by atoms with Crippen LogP contribution >= 0.6 is 0 Å². The van der Waals surface area contributed by atoms with E-state index in [0.29, 0.717) is 0 Å². The van der Waals surface area contributed by atoms with Crippen molar-refractivity contribution in [3.63, 3.8) is 0 Å². The van der Waals surface area contributed by atoms with E-state index in [1.807, 2.05) is 0 Å². The van der Waals surface area contributed by atoms with Crippen LogP contribution in [0.5, 0.6) is 0 Å². The van der Waals surface area contributed by atoms with Crippen LogP contribution in [0.1, 0.15) is 56.0 Å². The first-order valence-corrected chi connectivity index (χ1v) is 6.35. The first-order chi connectivity index (χ1) is 8.19. The highest BCUT2D eigenvalue weighted by atomic mass is 16.2. The predicted octanol–water partition coefficient (Wildman–Crippen LogP) is 2.02. The van der Waals surface area contributed by atoms with Crippen molar-refractivity contribution in [2.75, 3.05) is 13.6 Å². The second-order valence-corrected chi connectivity index (χ2v) is 4.29. The van der Waals surface area contributed by atoms with Crippen molar-refractivity contribution < 1.29 is 4.79 Å². The molecule has 1 rings (SSSR count). The van der Waals surface area contributed by atoms with E-state index in [2.05, 4.69) is 29.0 Å². The number of unbranched alkanes of at least 4 members (excludes halogenated alkanes) is 2. The number of amides is 1. The van der Waals surface area contributed by atoms with Gasteiger partial charge in [-0.05, 0) is 12.8 Å². The molecule has 0 aliphatic rings. The zero-order chi connectivity index (χ0) is 12.7. The van der Waals surface area contributed by atoms with Gasteiger partial charge in [0.15, 0.2) is 0 Å². The molecular formula is C12H22N4O. The molecule has 0 bridgehead atoms. The lowest BCUT2D eigenvalue weighted by Gasteiger charge is -2.14. The van der Waals surface area contributed by atoms with Crippen molar-refractivity contribution in [1.82, 2.24) is 20.1 Å². The normalized spacial score (nSPS) is 10.5. The molecule has 1 amide bonds. The molecule has 0 spiro atoms. The molecule has 5 heteroatoms. The average Bonchev–Trinajstić information content (AvgIpc) is 2.77. The molecule has 1 aromatic heterocycles. The number of rotatable bonds is 7. The summed E-state index contributed by atoms with van der Waals surface area (Å²) < 4.78 is 0. The average molecular weight is 238 g/mol. The summed E-state index contributed by atoms with van der Waals surface area (Å²) in [6.07, 6.45) is 5.16. The lowest BCUT2D eigenvalue weighted by atomic mass is 10.2. The number of aryl methyl sites for hydroxylation is 1. The third-order valence-corrected chi connectivity index (χ3v) is 2.65. The Balaban J connectivity index is 2.49. The molecule has 1 aromatic rings. The summed E-state index contributed by atoms with van der Waals surface area (Å²) in [5.74, 6) is 0.977. The van der Waals surface area contributed by atoms with Crippen molar-refractivity contribution in [3.05, 3.63) is 11.6 Å². The van der Waals surface area contributed by atoms with Gasteiger partial charge in [-0.15, -0.1) is 5.10 Å². The van der Waals surface area contributed by atoms with Crippen molar-refractivity contribution >= 4 is 5.91 Å². The quantitative estimate of drug-likeness (QED) is 0.739. The molecule has 0 atom stereocenters. The number of nitrogens with one attached hydrogen (secondary N) is 1. The molecule has 0 saturated carbocycles. The van der Waals surface area contributed by atoms with Crippen LogP contribution in [0, 0.1) is 0 Å². The minimum atomic E-state index is -0.0975. The second kappa shape index (κ2) is 7.04. The monoisotopic (exact) mass is 238 g/mol. The van der Waals surface area contributed by atoms with Crippen LogP contribution in [-0.4, -0.2) is 39.6 Å². The fourth-order valence-electron chi connectivity index (χ4n) is 1.61. The third-order valence-electron chi connectivity index (χ3n) is 2.65. The van der Waals surface area contributed by atoms with Crippen LogP contribution in [0.3, 0.4) is 0 Å². The molecular weight excluding hydrogens is 216 g/mol. The first-order valence-electron chi connectivity index (χ1n) is 6.35. The van der Waals surface area contributed by atoms with Crippen LogP contribution in [0.2, 0.25) is 0 Å². The van der Waals surface area contributed by atoms with Gasteiger partial charge in [-0.2, -0.15) is 0 Å². The van der Waals surface area contributed by atoms with E-state index >= 15 is 0 Å². The van der Waals surface area contributed by atoms with Crippen LogP contribution in [0.15, 0.2) is 0 Å². The van der Waals surface area contributed by atoms with Gasteiger partial charge < -0.3 is 4.90 Å². The van der Waals surface area contributed by atoms with Crippen molar-refractivity contribution in [2.45, 2.75) is 46.0 Å². The summed E-state index contributed by atoms with van der Waals surface area (Å²) in [5, 5.41) is 6.76. The topological polar surface area (TPSA) is 61.9 Å². The van der Waals surface area contributed by atoms with Gasteiger partial charge in [0, 0.05) is 20.0 Å². The predicted molar refractivity (Wildman–Crippen MR) is 66.9 cm³/mol. The molecule has 0 aliphatic heterocycles. The standard InChI is InChI=1S/C12H22N4O/c1-4-6-7-9-16(3)12(17)11-13-10(8-5-2)14-15-11/h4-9H2,1-3H3,(H,13,14,15). The summed E-state index contributed by atoms with van der Waals surface area (Å²) in [6, 6.07) is 0. The van der Waals surface area contributed by atoms with Crippen molar-refractivity contribution in [1.29, 1.82) is 0 Å². The minimum absolute atomic E-state index is 0.0975. The zero-order valence-corrected chi connectivity index (χ0v) is 11.0. The minimum Gasteiger partial charge on any atom is -0.339 e. The molecule has 17 heavy (non-hydrogen) atoms. The fraction of sp³-hybridized carbons (Fsp3) is 0.750. The lowest BCUT2D eigenvalue weighted by molar-refractivity contribution is 0.0781. The number of H-pyrrole nitrogens is 1. The van der Waals surface area contributed by atoms with E-state index in [1.54, 1.807) is 11.9 Å². The molecule has 0 aromatic carbocycles. The number of carbonyl (C=O) groups is 1. The Morgan fingerprint density at radius 3 is 2.71 bits per heavy atom. The second-order valence-electron chi connectivity index (χ2n) is 4.29. The number of nitrogens with zero attached hydrogens (tertiary/aromatic N) is 3. The Labute approximate surface area is 103 Å². The maximum atomic E-state index is 11.9. The van der Waals surface area contributed by atoms with Gasteiger partial charge in [-0.25, -0.2) is 4.98 Å². The van der Waals surface area contributed by atoms with Gasteiger partial charge in [0.05, 0.1) is 0 Å². The SMILES string of the molecule is CCCCCN(C)C(=O)c1n[nH]c(CCC)n1. The van der Waals surface area contributed by atoms with Crippen LogP contribution in [-0.2, 0) is 6.42 Å². The van der Waals surface area contributed by atoms with Gasteiger partial charge in [-0.3, -0.25) is 9.89 Å². The summed E-state index contributed by atoms with van der Waals surface area (Å²) in [5.41, 5.74) is 0. The highest BCUT2D eigenvalue weighted by molar-refractivity contribution is 5.90.